The first-order valence-electron chi connectivity index (χ1n) is 9.89. The molecule has 146 valence electrons. The molecule has 1 aromatic carbocycles. The summed E-state index contributed by atoms with van der Waals surface area (Å²) in [5, 5.41) is 15.5. The maximum absolute atomic E-state index is 12.7. The molecule has 5 rings (SSSR count). The maximum atomic E-state index is 12.7. The van der Waals surface area contributed by atoms with Crippen molar-refractivity contribution in [2.45, 2.75) is 56.5 Å². The van der Waals surface area contributed by atoms with Crippen molar-refractivity contribution in [2.24, 2.45) is 17.8 Å². The number of amides is 2. The van der Waals surface area contributed by atoms with E-state index in [-0.39, 0.29) is 17.3 Å². The molecular formula is C21H28N2O4. The molecule has 0 aromatic heterocycles. The smallest absolute Gasteiger partial charge is 0.328 e. The molecule has 2 amide bonds. The van der Waals surface area contributed by atoms with E-state index in [0.29, 0.717) is 6.42 Å². The fourth-order valence-electron chi connectivity index (χ4n) is 5.90. The van der Waals surface area contributed by atoms with Crippen LogP contribution < -0.4 is 10.6 Å². The van der Waals surface area contributed by atoms with Crippen molar-refractivity contribution >= 4 is 12.0 Å². The molecule has 0 aliphatic heterocycles. The highest BCUT2D eigenvalue weighted by atomic mass is 16.5. The van der Waals surface area contributed by atoms with Crippen molar-refractivity contribution in [3.63, 3.8) is 0 Å². The Morgan fingerprint density at radius 2 is 1.67 bits per heavy atom. The van der Waals surface area contributed by atoms with E-state index >= 15 is 0 Å². The van der Waals surface area contributed by atoms with E-state index in [1.165, 1.54) is 26.4 Å². The summed E-state index contributed by atoms with van der Waals surface area (Å²) in [5.74, 6) is 1.92. The lowest BCUT2D eigenvalue weighted by Crippen LogP contribution is -2.62. The van der Waals surface area contributed by atoms with Crippen LogP contribution in [-0.2, 0) is 16.0 Å². The zero-order valence-corrected chi connectivity index (χ0v) is 15.7. The minimum atomic E-state index is -0.756. The number of hydrogen-bond donors (Lipinski definition) is 3. The second-order valence-corrected chi connectivity index (χ2v) is 8.74. The molecule has 0 spiro atoms. The molecule has 1 atom stereocenters. The molecule has 0 radical (unpaired) electrons. The summed E-state index contributed by atoms with van der Waals surface area (Å²) in [4.78, 5) is 24.9. The van der Waals surface area contributed by atoms with Crippen LogP contribution in [0.3, 0.4) is 0 Å². The Balaban J connectivity index is 1.41. The van der Waals surface area contributed by atoms with Gasteiger partial charge in [-0.05, 0) is 74.0 Å². The van der Waals surface area contributed by atoms with Gasteiger partial charge in [0.1, 0.15) is 11.8 Å². The standard InChI is InChI=1S/C21H28N2O4/c1-27-19(25)18(9-13-2-4-17(24)5-3-13)22-20(26)23-21-10-14-6-15(11-21)8-16(7-14)12-21/h2-5,14-16,18,24H,6-12H2,1H3,(H2,22,23,26)/t14?,15?,16?,18-,21?/m0/s1. The Hall–Kier alpha value is -2.24. The Bertz CT molecular complexity index is 680. The van der Waals surface area contributed by atoms with Crippen molar-refractivity contribution in [3.8, 4) is 5.75 Å². The summed E-state index contributed by atoms with van der Waals surface area (Å²) in [6, 6.07) is 5.58. The van der Waals surface area contributed by atoms with Gasteiger partial charge < -0.3 is 20.5 Å². The minimum Gasteiger partial charge on any atom is -0.508 e. The van der Waals surface area contributed by atoms with Gasteiger partial charge in [0, 0.05) is 12.0 Å². The van der Waals surface area contributed by atoms with Crippen LogP contribution in [-0.4, -0.2) is 35.8 Å². The molecule has 4 saturated carbocycles. The first-order valence-corrected chi connectivity index (χ1v) is 9.89. The highest BCUT2D eigenvalue weighted by Gasteiger charge is 2.51. The largest absolute Gasteiger partial charge is 0.508 e. The molecule has 27 heavy (non-hydrogen) atoms. The van der Waals surface area contributed by atoms with Crippen molar-refractivity contribution in [1.82, 2.24) is 10.6 Å². The molecule has 4 bridgehead atoms. The zero-order valence-electron chi connectivity index (χ0n) is 15.7. The normalized spacial score (nSPS) is 32.0. The number of esters is 1. The van der Waals surface area contributed by atoms with Crippen molar-refractivity contribution in [1.29, 1.82) is 0 Å². The van der Waals surface area contributed by atoms with E-state index in [2.05, 4.69) is 10.6 Å². The van der Waals surface area contributed by atoms with Crippen LogP contribution in [0.15, 0.2) is 24.3 Å². The lowest BCUT2D eigenvalue weighted by molar-refractivity contribution is -0.142. The Kier molecular flexibility index (Phi) is 4.74. The van der Waals surface area contributed by atoms with E-state index in [1.807, 2.05) is 0 Å². The summed E-state index contributed by atoms with van der Waals surface area (Å²) in [5.41, 5.74) is 0.746. The molecule has 1 aromatic rings. The van der Waals surface area contributed by atoms with Gasteiger partial charge in [0.05, 0.1) is 7.11 Å². The van der Waals surface area contributed by atoms with Crippen LogP contribution in [0.1, 0.15) is 44.1 Å². The van der Waals surface area contributed by atoms with Gasteiger partial charge in [0.15, 0.2) is 0 Å². The second-order valence-electron chi connectivity index (χ2n) is 8.74. The van der Waals surface area contributed by atoms with Crippen LogP contribution in [0.4, 0.5) is 4.79 Å². The van der Waals surface area contributed by atoms with Crippen molar-refractivity contribution in [2.75, 3.05) is 7.11 Å². The Morgan fingerprint density at radius 1 is 1.11 bits per heavy atom. The van der Waals surface area contributed by atoms with E-state index < -0.39 is 12.0 Å². The summed E-state index contributed by atoms with van der Waals surface area (Å²) in [6.07, 6.45) is 7.45. The van der Waals surface area contributed by atoms with Gasteiger partial charge in [-0.3, -0.25) is 0 Å². The lowest BCUT2D eigenvalue weighted by atomic mass is 9.53. The summed E-state index contributed by atoms with van der Waals surface area (Å²) < 4.78 is 4.87. The van der Waals surface area contributed by atoms with Gasteiger partial charge in [-0.25, -0.2) is 9.59 Å². The number of nitrogens with one attached hydrogen (secondary N) is 2. The van der Waals surface area contributed by atoms with E-state index in [9.17, 15) is 14.7 Å². The van der Waals surface area contributed by atoms with Gasteiger partial charge in [-0.15, -0.1) is 0 Å². The topological polar surface area (TPSA) is 87.7 Å². The number of phenolic OH excluding ortho intramolecular Hbond substituents is 1. The average Bonchev–Trinajstić information content (AvgIpc) is 2.60. The van der Waals surface area contributed by atoms with E-state index in [4.69, 9.17) is 4.74 Å². The van der Waals surface area contributed by atoms with Crippen molar-refractivity contribution < 1.29 is 19.4 Å². The molecule has 0 heterocycles. The highest BCUT2D eigenvalue weighted by molar-refractivity contribution is 5.84. The molecule has 6 heteroatoms. The molecule has 0 saturated heterocycles. The number of ether oxygens (including phenoxy) is 1. The molecule has 4 aliphatic carbocycles. The predicted molar refractivity (Wildman–Crippen MR) is 100 cm³/mol. The van der Waals surface area contributed by atoms with Gasteiger partial charge >= 0.3 is 12.0 Å². The number of phenols is 1. The molecule has 3 N–H and O–H groups in total. The summed E-state index contributed by atoms with van der Waals surface area (Å²) in [6.45, 7) is 0. The number of aromatic hydroxyl groups is 1. The third-order valence-corrected chi connectivity index (χ3v) is 6.58. The quantitative estimate of drug-likeness (QED) is 0.694. The molecule has 4 aliphatic rings. The number of rotatable bonds is 5. The fourth-order valence-corrected chi connectivity index (χ4v) is 5.90. The SMILES string of the molecule is COC(=O)[C@H](Cc1ccc(O)cc1)NC(=O)NC12CC3CC(CC(C3)C1)C2. The monoisotopic (exact) mass is 372 g/mol. The molecule has 6 nitrogen and oxygen atoms in total. The average molecular weight is 372 g/mol. The third-order valence-electron chi connectivity index (χ3n) is 6.58. The summed E-state index contributed by atoms with van der Waals surface area (Å²) >= 11 is 0. The van der Waals surface area contributed by atoms with Gasteiger partial charge in [0.25, 0.3) is 0 Å². The number of carbonyl (C=O) groups excluding carboxylic acids is 2. The first kappa shape index (κ1) is 18.1. The maximum Gasteiger partial charge on any atom is 0.328 e. The van der Waals surface area contributed by atoms with Gasteiger partial charge in [-0.2, -0.15) is 0 Å². The zero-order chi connectivity index (χ0) is 19.0. The lowest BCUT2D eigenvalue weighted by Gasteiger charge is -2.56. The molecule has 0 unspecified atom stereocenters. The number of hydrogen-bond acceptors (Lipinski definition) is 4. The van der Waals surface area contributed by atoms with Crippen molar-refractivity contribution in [3.05, 3.63) is 29.8 Å². The second kappa shape index (κ2) is 7.06. The van der Waals surface area contributed by atoms with Crippen LogP contribution in [0.2, 0.25) is 0 Å². The number of carbonyl (C=O) groups is 2. The number of urea groups is 1. The summed E-state index contributed by atoms with van der Waals surface area (Å²) in [7, 11) is 1.32. The molecular weight excluding hydrogens is 344 g/mol. The molecule has 4 fully saturated rings. The number of methoxy groups -OCH3 is 1. The van der Waals surface area contributed by atoms with Gasteiger partial charge in [-0.1, -0.05) is 12.1 Å². The highest BCUT2D eigenvalue weighted by Crippen LogP contribution is 2.55. The Morgan fingerprint density at radius 3 is 2.19 bits per heavy atom. The van der Waals surface area contributed by atoms with Gasteiger partial charge in [0.2, 0.25) is 0 Å². The number of benzene rings is 1. The predicted octanol–water partition coefficient (Wildman–Crippen LogP) is 2.74. The van der Waals surface area contributed by atoms with Crippen LogP contribution in [0.5, 0.6) is 5.75 Å². The minimum absolute atomic E-state index is 0.0992. The fraction of sp³-hybridized carbons (Fsp3) is 0.619. The van der Waals surface area contributed by atoms with Crippen LogP contribution in [0.25, 0.3) is 0 Å². The first-order chi connectivity index (χ1) is 12.9. The van der Waals surface area contributed by atoms with Crippen LogP contribution in [0, 0.1) is 17.8 Å². The third kappa shape index (κ3) is 3.89. The van der Waals surface area contributed by atoms with E-state index in [0.717, 1.165) is 42.6 Å². The van der Waals surface area contributed by atoms with E-state index in [1.54, 1.807) is 24.3 Å². The Labute approximate surface area is 159 Å². The van der Waals surface area contributed by atoms with Crippen LogP contribution >= 0.6 is 0 Å².